The van der Waals surface area contributed by atoms with Crippen LogP contribution >= 0.6 is 11.3 Å². The van der Waals surface area contributed by atoms with Crippen LogP contribution < -0.4 is 4.74 Å². The minimum atomic E-state index is -0.947. The number of carbonyl (C=O) groups is 1. The summed E-state index contributed by atoms with van der Waals surface area (Å²) in [5.41, 5.74) is 3.36. The van der Waals surface area contributed by atoms with Gasteiger partial charge in [0.1, 0.15) is 0 Å². The summed E-state index contributed by atoms with van der Waals surface area (Å²) in [6, 6.07) is 7.31. The van der Waals surface area contributed by atoms with Crippen molar-refractivity contribution in [3.8, 4) is 27.3 Å². The molecule has 0 saturated heterocycles. The number of pyridine rings is 1. The summed E-state index contributed by atoms with van der Waals surface area (Å²) >= 11 is 1.55. The van der Waals surface area contributed by atoms with Gasteiger partial charge in [-0.3, -0.25) is 4.98 Å². The molecule has 0 fully saturated rings. The van der Waals surface area contributed by atoms with Crippen LogP contribution in [0.5, 0.6) is 5.75 Å². The average molecular weight is 484 g/mol. The van der Waals surface area contributed by atoms with Gasteiger partial charge in [-0.05, 0) is 88.4 Å². The molecule has 0 bridgehead atoms. The number of benzene rings is 1. The van der Waals surface area contributed by atoms with Crippen LogP contribution in [-0.2, 0) is 20.7 Å². The van der Waals surface area contributed by atoms with Crippen LogP contribution in [0, 0.1) is 12.7 Å². The Kier molecular flexibility index (Phi) is 7.05. The number of hydrogen-bond acceptors (Lipinski definition) is 6. The van der Waals surface area contributed by atoms with Gasteiger partial charge in [0, 0.05) is 33.3 Å². The zero-order valence-electron chi connectivity index (χ0n) is 20.2. The number of thiophene rings is 1. The first kappa shape index (κ1) is 24.4. The first-order valence-corrected chi connectivity index (χ1v) is 12.3. The van der Waals surface area contributed by atoms with E-state index in [-0.39, 0.29) is 6.61 Å². The summed E-state index contributed by atoms with van der Waals surface area (Å²) in [5, 5.41) is 0. The van der Waals surface area contributed by atoms with E-state index < -0.39 is 23.5 Å². The second-order valence-electron chi connectivity index (χ2n) is 9.27. The van der Waals surface area contributed by atoms with Crippen molar-refractivity contribution in [2.45, 2.75) is 59.2 Å². The van der Waals surface area contributed by atoms with Crippen molar-refractivity contribution < 1.29 is 23.4 Å². The molecule has 0 amide bonds. The molecule has 0 spiro atoms. The highest BCUT2D eigenvalue weighted by Crippen LogP contribution is 2.48. The lowest BCUT2D eigenvalue weighted by Crippen LogP contribution is -2.29. The van der Waals surface area contributed by atoms with Crippen LogP contribution in [0.25, 0.3) is 21.6 Å². The van der Waals surface area contributed by atoms with Gasteiger partial charge in [-0.1, -0.05) is 0 Å². The molecular weight excluding hydrogens is 453 g/mol. The zero-order valence-corrected chi connectivity index (χ0v) is 21.1. The molecule has 5 nitrogen and oxygen atoms in total. The highest BCUT2D eigenvalue weighted by molar-refractivity contribution is 7.16. The van der Waals surface area contributed by atoms with Crippen molar-refractivity contribution in [3.63, 3.8) is 0 Å². The largest absolute Gasteiger partial charge is 0.490 e. The van der Waals surface area contributed by atoms with E-state index in [4.69, 9.17) is 14.2 Å². The van der Waals surface area contributed by atoms with Crippen LogP contribution in [0.15, 0.2) is 36.7 Å². The molecule has 4 rings (SSSR count). The molecule has 1 aromatic carbocycles. The molecule has 0 aliphatic carbocycles. The first-order valence-electron chi connectivity index (χ1n) is 11.5. The van der Waals surface area contributed by atoms with E-state index in [0.29, 0.717) is 23.5 Å². The Morgan fingerprint density at radius 1 is 1.24 bits per heavy atom. The number of halogens is 1. The van der Waals surface area contributed by atoms with Gasteiger partial charge in [0.15, 0.2) is 17.7 Å². The Morgan fingerprint density at radius 2 is 1.97 bits per heavy atom. The predicted molar refractivity (Wildman–Crippen MR) is 132 cm³/mol. The monoisotopic (exact) mass is 483 g/mol. The van der Waals surface area contributed by atoms with E-state index >= 15 is 4.39 Å². The number of aromatic nitrogens is 1. The minimum absolute atomic E-state index is 0.239. The number of ether oxygens (including phenoxy) is 3. The van der Waals surface area contributed by atoms with Gasteiger partial charge < -0.3 is 14.2 Å². The maximum Gasteiger partial charge on any atom is 0.340 e. The van der Waals surface area contributed by atoms with Crippen LogP contribution in [-0.4, -0.2) is 29.8 Å². The molecule has 7 heteroatoms. The van der Waals surface area contributed by atoms with Gasteiger partial charge in [-0.2, -0.15) is 0 Å². The lowest BCUT2D eigenvalue weighted by molar-refractivity contribution is -0.166. The van der Waals surface area contributed by atoms with E-state index in [0.717, 1.165) is 39.3 Å². The highest BCUT2D eigenvalue weighted by Gasteiger charge is 2.35. The van der Waals surface area contributed by atoms with Crippen molar-refractivity contribution in [1.82, 2.24) is 4.98 Å². The van der Waals surface area contributed by atoms with E-state index in [1.165, 1.54) is 6.07 Å². The number of nitrogens with zero attached hydrogens (tertiary/aromatic N) is 1. The Balaban J connectivity index is 1.99. The summed E-state index contributed by atoms with van der Waals surface area (Å²) in [5.74, 6) is -0.531. The van der Waals surface area contributed by atoms with Crippen molar-refractivity contribution in [3.05, 3.63) is 58.5 Å². The molecule has 3 heterocycles. The fourth-order valence-corrected chi connectivity index (χ4v) is 5.45. The topological polar surface area (TPSA) is 57.7 Å². The number of aryl methyl sites for hydroxylation is 2. The number of esters is 1. The third-order valence-corrected chi connectivity index (χ3v) is 6.72. The minimum Gasteiger partial charge on any atom is -0.490 e. The normalized spacial score (nSPS) is 14.3. The van der Waals surface area contributed by atoms with Crippen LogP contribution in [0.2, 0.25) is 0 Å². The summed E-state index contributed by atoms with van der Waals surface area (Å²) in [6.07, 6.45) is 4.08. The lowest BCUT2D eigenvalue weighted by Gasteiger charge is -2.28. The fraction of sp³-hybridized carbons (Fsp3) is 0.407. The van der Waals surface area contributed by atoms with Gasteiger partial charge in [0.25, 0.3) is 0 Å². The van der Waals surface area contributed by atoms with Gasteiger partial charge in [0.05, 0.1) is 18.8 Å². The zero-order chi connectivity index (χ0) is 24.5. The Morgan fingerprint density at radius 3 is 2.65 bits per heavy atom. The number of hydrogen-bond donors (Lipinski definition) is 0. The van der Waals surface area contributed by atoms with Gasteiger partial charge in [0.2, 0.25) is 0 Å². The second kappa shape index (κ2) is 9.84. The second-order valence-corrected chi connectivity index (χ2v) is 10.5. The first-order chi connectivity index (χ1) is 16.2. The maximum absolute atomic E-state index is 15.2. The van der Waals surface area contributed by atoms with Crippen molar-refractivity contribution >= 4 is 17.3 Å². The Labute approximate surface area is 203 Å². The molecule has 2 aromatic heterocycles. The molecule has 1 unspecified atom stereocenters. The van der Waals surface area contributed by atoms with Gasteiger partial charge in [-0.15, -0.1) is 11.3 Å². The van der Waals surface area contributed by atoms with Gasteiger partial charge in [-0.25, -0.2) is 9.18 Å². The molecule has 34 heavy (non-hydrogen) atoms. The summed E-state index contributed by atoms with van der Waals surface area (Å²) < 4.78 is 32.5. The van der Waals surface area contributed by atoms with Gasteiger partial charge >= 0.3 is 5.97 Å². The molecule has 1 aliphatic heterocycles. The lowest BCUT2D eigenvalue weighted by atomic mass is 9.91. The molecular formula is C27H30FNO4S. The van der Waals surface area contributed by atoms with E-state index in [9.17, 15) is 4.79 Å². The van der Waals surface area contributed by atoms with E-state index in [2.05, 4.69) is 4.98 Å². The Hall–Kier alpha value is -2.77. The molecule has 1 aliphatic rings. The molecule has 1 atom stereocenters. The molecule has 0 radical (unpaired) electrons. The molecule has 0 saturated carbocycles. The molecule has 180 valence electrons. The Bertz CT molecular complexity index is 1180. The fourth-order valence-electron chi connectivity index (χ4n) is 4.24. The van der Waals surface area contributed by atoms with Crippen LogP contribution in [0.1, 0.15) is 56.2 Å². The SMILES string of the molecule is CCOC(=O)C(OC(C)(C)C)c1c(C)sc(-c2ccncc2)c1-c1cc(F)c2c(c1)CCCO2. The van der Waals surface area contributed by atoms with Crippen LogP contribution in [0.4, 0.5) is 4.39 Å². The number of carbonyl (C=O) groups excluding carboxylic acids is 1. The van der Waals surface area contributed by atoms with E-state index in [1.54, 1.807) is 30.7 Å². The molecule has 3 aromatic rings. The van der Waals surface area contributed by atoms with E-state index in [1.807, 2.05) is 45.9 Å². The third kappa shape index (κ3) is 5.00. The summed E-state index contributed by atoms with van der Waals surface area (Å²) in [7, 11) is 0. The quantitative estimate of drug-likeness (QED) is 0.367. The summed E-state index contributed by atoms with van der Waals surface area (Å²) in [6.45, 7) is 10.2. The van der Waals surface area contributed by atoms with Crippen molar-refractivity contribution in [2.75, 3.05) is 13.2 Å². The number of rotatable bonds is 6. The third-order valence-electron chi connectivity index (χ3n) is 5.55. The highest BCUT2D eigenvalue weighted by atomic mass is 32.1. The van der Waals surface area contributed by atoms with Crippen molar-refractivity contribution in [1.29, 1.82) is 0 Å². The van der Waals surface area contributed by atoms with Crippen molar-refractivity contribution in [2.24, 2.45) is 0 Å². The average Bonchev–Trinajstić information content (AvgIpc) is 3.14. The summed E-state index contributed by atoms with van der Waals surface area (Å²) in [4.78, 5) is 19.1. The predicted octanol–water partition coefficient (Wildman–Crippen LogP) is 6.67. The van der Waals surface area contributed by atoms with Crippen LogP contribution in [0.3, 0.4) is 0 Å². The smallest absolute Gasteiger partial charge is 0.340 e. The maximum atomic E-state index is 15.2. The molecule has 0 N–H and O–H groups in total. The number of fused-ring (bicyclic) bond motifs is 1. The standard InChI is InChI=1S/C27H30FNO4S/c1-6-31-26(30)24(33-27(3,4)5)21-16(2)34-25(17-9-11-29-12-10-17)22(21)19-14-18-8-7-13-32-23(18)20(28)15-19/h9-12,14-15,24H,6-8,13H2,1-5H3.